The summed E-state index contributed by atoms with van der Waals surface area (Å²) in [5.74, 6) is -1.11. The Morgan fingerprint density at radius 2 is 2.06 bits per heavy atom. The molecule has 1 aliphatic rings. The fourth-order valence-corrected chi connectivity index (χ4v) is 4.41. The topological polar surface area (TPSA) is 96.4 Å². The Bertz CT molecular complexity index is 518. The van der Waals surface area contributed by atoms with E-state index in [2.05, 4.69) is 9.71 Å². The highest BCUT2D eigenvalue weighted by molar-refractivity contribution is 7.89. The van der Waals surface area contributed by atoms with Crippen LogP contribution in [0.25, 0.3) is 0 Å². The molecule has 0 aromatic carbocycles. The second kappa shape index (κ2) is 4.94. The van der Waals surface area contributed by atoms with Crippen molar-refractivity contribution in [2.24, 2.45) is 0 Å². The van der Waals surface area contributed by atoms with E-state index in [9.17, 15) is 18.3 Å². The minimum atomic E-state index is -3.85. The lowest BCUT2D eigenvalue weighted by molar-refractivity contribution is -0.145. The highest BCUT2D eigenvalue weighted by atomic mass is 32.2. The Morgan fingerprint density at radius 3 is 2.56 bits per heavy atom. The molecule has 0 bridgehead atoms. The summed E-state index contributed by atoms with van der Waals surface area (Å²) < 4.78 is 26.4. The van der Waals surface area contributed by atoms with E-state index < -0.39 is 21.5 Å². The van der Waals surface area contributed by atoms with E-state index in [0.29, 0.717) is 25.7 Å². The third kappa shape index (κ3) is 2.55. The third-order valence-corrected chi connectivity index (χ3v) is 5.30. The van der Waals surface area contributed by atoms with E-state index in [-0.39, 0.29) is 5.03 Å². The van der Waals surface area contributed by atoms with Crippen molar-refractivity contribution < 1.29 is 18.3 Å². The molecular formula is C10H14N2O4S2. The molecule has 1 aromatic heterocycles. The lowest BCUT2D eigenvalue weighted by Gasteiger charge is -2.33. The average Bonchev–Trinajstić information content (AvgIpc) is 2.83. The van der Waals surface area contributed by atoms with E-state index in [0.717, 1.165) is 17.8 Å². The van der Waals surface area contributed by atoms with Gasteiger partial charge < -0.3 is 5.11 Å². The molecule has 1 heterocycles. The van der Waals surface area contributed by atoms with Crippen molar-refractivity contribution >= 4 is 27.3 Å². The summed E-state index contributed by atoms with van der Waals surface area (Å²) in [6.07, 6.45) is 3.02. The fourth-order valence-electron chi connectivity index (χ4n) is 2.16. The van der Waals surface area contributed by atoms with Crippen molar-refractivity contribution in [3.8, 4) is 0 Å². The molecule has 2 N–H and O–H groups in total. The quantitative estimate of drug-likeness (QED) is 0.868. The van der Waals surface area contributed by atoms with Gasteiger partial charge in [0, 0.05) is 5.38 Å². The molecule has 100 valence electrons. The predicted molar refractivity (Wildman–Crippen MR) is 65.9 cm³/mol. The zero-order chi connectivity index (χ0) is 13.2. The zero-order valence-corrected chi connectivity index (χ0v) is 11.3. The van der Waals surface area contributed by atoms with Gasteiger partial charge in [-0.3, -0.25) is 4.79 Å². The zero-order valence-electron chi connectivity index (χ0n) is 9.63. The number of carbonyl (C=O) groups is 1. The SMILES string of the molecule is O=C(O)C1(NS(=O)(=O)c2cscn2)CCCCC1. The van der Waals surface area contributed by atoms with Crippen LogP contribution in [0.5, 0.6) is 0 Å². The van der Waals surface area contributed by atoms with Gasteiger partial charge in [-0.25, -0.2) is 13.4 Å². The Kier molecular flexibility index (Phi) is 3.69. The molecule has 1 aliphatic carbocycles. The highest BCUT2D eigenvalue weighted by Crippen LogP contribution is 2.30. The van der Waals surface area contributed by atoms with Crippen LogP contribution in [0.3, 0.4) is 0 Å². The van der Waals surface area contributed by atoms with Crippen LogP contribution in [0.1, 0.15) is 32.1 Å². The number of nitrogens with one attached hydrogen (secondary N) is 1. The van der Waals surface area contributed by atoms with Crippen LogP contribution in [0, 0.1) is 0 Å². The molecule has 1 aromatic rings. The number of carboxylic acids is 1. The van der Waals surface area contributed by atoms with Gasteiger partial charge in [-0.05, 0) is 12.8 Å². The Morgan fingerprint density at radius 1 is 1.39 bits per heavy atom. The van der Waals surface area contributed by atoms with Crippen LogP contribution in [0.2, 0.25) is 0 Å². The molecule has 0 amide bonds. The molecule has 0 aliphatic heterocycles. The van der Waals surface area contributed by atoms with Crippen molar-refractivity contribution in [2.75, 3.05) is 0 Å². The van der Waals surface area contributed by atoms with E-state index in [1.807, 2.05) is 0 Å². The molecule has 0 atom stereocenters. The first-order chi connectivity index (χ1) is 8.46. The van der Waals surface area contributed by atoms with Crippen molar-refractivity contribution in [2.45, 2.75) is 42.7 Å². The van der Waals surface area contributed by atoms with Crippen molar-refractivity contribution in [3.63, 3.8) is 0 Å². The van der Waals surface area contributed by atoms with Gasteiger partial charge in [0.2, 0.25) is 0 Å². The van der Waals surface area contributed by atoms with Crippen LogP contribution < -0.4 is 4.72 Å². The molecule has 0 saturated heterocycles. The number of hydrogen-bond donors (Lipinski definition) is 2. The number of hydrogen-bond acceptors (Lipinski definition) is 5. The maximum absolute atomic E-state index is 12.0. The molecule has 8 heteroatoms. The lowest BCUT2D eigenvalue weighted by atomic mass is 9.83. The van der Waals surface area contributed by atoms with Gasteiger partial charge in [0.15, 0.2) is 5.03 Å². The van der Waals surface area contributed by atoms with Gasteiger partial charge in [0.25, 0.3) is 10.0 Å². The van der Waals surface area contributed by atoms with E-state index in [1.54, 1.807) is 0 Å². The van der Waals surface area contributed by atoms with Crippen LogP contribution in [0.15, 0.2) is 15.9 Å². The van der Waals surface area contributed by atoms with Gasteiger partial charge >= 0.3 is 5.97 Å². The van der Waals surface area contributed by atoms with Gasteiger partial charge in [-0.15, -0.1) is 11.3 Å². The number of thiazole rings is 1. The number of sulfonamides is 1. The van der Waals surface area contributed by atoms with Gasteiger partial charge in [-0.2, -0.15) is 4.72 Å². The van der Waals surface area contributed by atoms with Crippen molar-refractivity contribution in [1.82, 2.24) is 9.71 Å². The van der Waals surface area contributed by atoms with Crippen LogP contribution in [0.4, 0.5) is 0 Å². The molecule has 18 heavy (non-hydrogen) atoms. The van der Waals surface area contributed by atoms with Crippen LogP contribution in [-0.2, 0) is 14.8 Å². The first-order valence-electron chi connectivity index (χ1n) is 5.62. The summed E-state index contributed by atoms with van der Waals surface area (Å²) in [6, 6.07) is 0. The van der Waals surface area contributed by atoms with Crippen LogP contribution in [-0.4, -0.2) is 30.0 Å². The Balaban J connectivity index is 2.27. The maximum atomic E-state index is 12.0. The highest BCUT2D eigenvalue weighted by Gasteiger charge is 2.43. The third-order valence-electron chi connectivity index (χ3n) is 3.13. The minimum Gasteiger partial charge on any atom is -0.480 e. The first-order valence-corrected chi connectivity index (χ1v) is 8.04. The summed E-state index contributed by atoms with van der Waals surface area (Å²) in [7, 11) is -3.85. The minimum absolute atomic E-state index is 0.112. The number of carboxylic acid groups (broad SMARTS) is 1. The molecule has 0 spiro atoms. The summed E-state index contributed by atoms with van der Waals surface area (Å²) in [4.78, 5) is 15.1. The van der Waals surface area contributed by atoms with E-state index in [4.69, 9.17) is 0 Å². The maximum Gasteiger partial charge on any atom is 0.324 e. The number of nitrogens with zero attached hydrogens (tertiary/aromatic N) is 1. The van der Waals surface area contributed by atoms with E-state index >= 15 is 0 Å². The monoisotopic (exact) mass is 290 g/mol. The average molecular weight is 290 g/mol. The smallest absolute Gasteiger partial charge is 0.324 e. The first kappa shape index (κ1) is 13.4. The summed E-state index contributed by atoms with van der Waals surface area (Å²) in [6.45, 7) is 0. The second-order valence-corrected chi connectivity index (χ2v) is 6.73. The van der Waals surface area contributed by atoms with E-state index in [1.165, 1.54) is 10.9 Å². The molecule has 1 fully saturated rings. The molecular weight excluding hydrogens is 276 g/mol. The fraction of sp³-hybridized carbons (Fsp3) is 0.600. The summed E-state index contributed by atoms with van der Waals surface area (Å²) >= 11 is 1.16. The molecule has 6 nitrogen and oxygen atoms in total. The summed E-state index contributed by atoms with van der Waals surface area (Å²) in [5, 5.41) is 10.6. The molecule has 0 radical (unpaired) electrons. The number of aromatic nitrogens is 1. The Labute approximate surface area is 109 Å². The summed E-state index contributed by atoms with van der Waals surface area (Å²) in [5.41, 5.74) is 0.0313. The molecule has 1 saturated carbocycles. The standard InChI is InChI=1S/C10H14N2O4S2/c13-9(14)10(4-2-1-3-5-10)12-18(15,16)8-6-17-7-11-8/h6-7,12H,1-5H2,(H,13,14). The molecule has 0 unspecified atom stereocenters. The van der Waals surface area contributed by atoms with Gasteiger partial charge in [-0.1, -0.05) is 19.3 Å². The molecule has 2 rings (SSSR count). The van der Waals surface area contributed by atoms with Gasteiger partial charge in [0.05, 0.1) is 5.51 Å². The van der Waals surface area contributed by atoms with Crippen molar-refractivity contribution in [3.05, 3.63) is 10.9 Å². The Hall–Kier alpha value is -0.990. The second-order valence-electron chi connectivity index (χ2n) is 4.38. The van der Waals surface area contributed by atoms with Gasteiger partial charge in [0.1, 0.15) is 5.54 Å². The number of rotatable bonds is 4. The largest absolute Gasteiger partial charge is 0.480 e. The predicted octanol–water partition coefficient (Wildman–Crippen LogP) is 1.21. The van der Waals surface area contributed by atoms with Crippen molar-refractivity contribution in [1.29, 1.82) is 0 Å². The lowest BCUT2D eigenvalue weighted by Crippen LogP contribution is -2.55. The number of aliphatic carboxylic acids is 1. The normalized spacial score (nSPS) is 19.6. The van der Waals surface area contributed by atoms with Crippen LogP contribution >= 0.6 is 11.3 Å².